The molecule has 4 heterocycles. The second-order valence-electron chi connectivity index (χ2n) is 13.7. The largest absolute Gasteiger partial charge is 0.265 e. The molecular formula is C54H40N4. The van der Waals surface area contributed by atoms with Gasteiger partial charge in [-0.1, -0.05) is 146 Å². The number of nitrogens with zero attached hydrogens (tertiary/aromatic N) is 4. The summed E-state index contributed by atoms with van der Waals surface area (Å²) in [6.45, 7) is 0. The van der Waals surface area contributed by atoms with E-state index >= 15 is 0 Å². The van der Waals surface area contributed by atoms with Gasteiger partial charge in [0.2, 0.25) is 0 Å². The predicted octanol–water partition coefficient (Wildman–Crippen LogP) is 13.0. The zero-order valence-electron chi connectivity index (χ0n) is 31.9. The third-order valence-corrected chi connectivity index (χ3v) is 9.74. The van der Waals surface area contributed by atoms with E-state index in [1.54, 1.807) is 0 Å². The van der Waals surface area contributed by atoms with Crippen LogP contribution in [0.4, 0.5) is 0 Å². The second-order valence-corrected chi connectivity index (χ2v) is 13.7. The number of rotatable bonds is 12. The maximum absolute atomic E-state index is 4.15. The van der Waals surface area contributed by atoms with Crippen molar-refractivity contribution >= 4 is 59.8 Å². The van der Waals surface area contributed by atoms with Crippen molar-refractivity contribution in [1.82, 2.24) is 19.9 Å². The zero-order valence-corrected chi connectivity index (χ0v) is 31.9. The zero-order chi connectivity index (χ0) is 39.2. The van der Waals surface area contributed by atoms with Crippen LogP contribution in [0.1, 0.15) is 66.8 Å². The highest BCUT2D eigenvalue weighted by Gasteiger charge is 2.17. The average Bonchev–Trinajstić information content (AvgIpc) is 3.30. The molecule has 0 fully saturated rings. The Bertz CT molecular complexity index is 2300. The molecule has 0 unspecified atom stereocenters. The predicted molar refractivity (Wildman–Crippen MR) is 243 cm³/mol. The molecule has 0 aliphatic carbocycles. The Labute approximate surface area is 340 Å². The van der Waals surface area contributed by atoms with E-state index in [-0.39, 0.29) is 0 Å². The SMILES string of the molecule is C(=C\c1ccc(C(=C(c2ccc(/C=C/c3ccncc3)cc2)c2ccc(/C=C/c3ccncc3)cc2)c2ccc(/C=C/c3ccncc3)cc2)cc1)/c1ccncc1. The van der Waals surface area contributed by atoms with Crippen LogP contribution in [0.2, 0.25) is 0 Å². The van der Waals surface area contributed by atoms with Crippen molar-refractivity contribution < 1.29 is 0 Å². The first kappa shape index (κ1) is 37.1. The van der Waals surface area contributed by atoms with E-state index in [1.807, 2.05) is 98.1 Å². The molecule has 0 bridgehead atoms. The monoisotopic (exact) mass is 744 g/mol. The molecule has 0 saturated carbocycles. The van der Waals surface area contributed by atoms with Crippen molar-refractivity contribution in [2.45, 2.75) is 0 Å². The summed E-state index contributed by atoms with van der Waals surface area (Å²) < 4.78 is 0. The number of hydrogen-bond acceptors (Lipinski definition) is 4. The molecule has 4 nitrogen and oxygen atoms in total. The standard InChI is InChI=1S/C54H40N4/c1(5-45-25-33-55-34-26-45)41-9-17-49(18-10-41)53(50-19-11-42(12-20-50)2-6-46-27-35-56-36-28-46)54(51-21-13-43(14-22-51)3-7-47-29-37-57-38-30-47)52-23-15-44(16-24-52)4-8-48-31-39-58-40-32-48/h1-40H/b5-1+,6-2+,7-3+,8-4+. The fraction of sp³-hybridized carbons (Fsp3) is 0. The molecular weight excluding hydrogens is 705 g/mol. The van der Waals surface area contributed by atoms with Crippen molar-refractivity contribution in [3.8, 4) is 0 Å². The summed E-state index contributed by atoms with van der Waals surface area (Å²) in [4.78, 5) is 16.6. The molecule has 0 atom stereocenters. The van der Waals surface area contributed by atoms with Gasteiger partial charge in [-0.25, -0.2) is 0 Å². The van der Waals surface area contributed by atoms with Gasteiger partial charge in [0.05, 0.1) is 0 Å². The van der Waals surface area contributed by atoms with Crippen molar-refractivity contribution in [3.05, 3.63) is 262 Å². The smallest absolute Gasteiger partial charge is 0.0273 e. The van der Waals surface area contributed by atoms with Crippen molar-refractivity contribution in [1.29, 1.82) is 0 Å². The highest BCUT2D eigenvalue weighted by atomic mass is 14.6. The van der Waals surface area contributed by atoms with Gasteiger partial charge in [0.1, 0.15) is 0 Å². The van der Waals surface area contributed by atoms with Gasteiger partial charge >= 0.3 is 0 Å². The maximum atomic E-state index is 4.15. The lowest BCUT2D eigenvalue weighted by Crippen LogP contribution is -1.98. The van der Waals surface area contributed by atoms with Gasteiger partial charge in [0, 0.05) is 49.6 Å². The molecule has 0 aliphatic rings. The Morgan fingerprint density at radius 2 is 0.362 bits per heavy atom. The minimum Gasteiger partial charge on any atom is -0.265 e. The third-order valence-electron chi connectivity index (χ3n) is 9.74. The molecule has 58 heavy (non-hydrogen) atoms. The van der Waals surface area contributed by atoms with E-state index in [4.69, 9.17) is 0 Å². The molecule has 0 saturated heterocycles. The molecule has 0 spiro atoms. The second kappa shape index (κ2) is 18.7. The van der Waals surface area contributed by atoms with Gasteiger partial charge in [-0.2, -0.15) is 0 Å². The molecule has 0 radical (unpaired) electrons. The van der Waals surface area contributed by atoms with Crippen LogP contribution in [0, 0.1) is 0 Å². The summed E-state index contributed by atoms with van der Waals surface area (Å²) in [6.07, 6.45) is 31.6. The summed E-state index contributed by atoms with van der Waals surface area (Å²) in [5.74, 6) is 0. The molecule has 8 aromatic rings. The Morgan fingerprint density at radius 1 is 0.207 bits per heavy atom. The van der Waals surface area contributed by atoms with Crippen molar-refractivity contribution in [2.75, 3.05) is 0 Å². The quantitative estimate of drug-likeness (QED) is 0.117. The molecule has 8 rings (SSSR count). The first-order valence-electron chi connectivity index (χ1n) is 19.2. The molecule has 0 aliphatic heterocycles. The topological polar surface area (TPSA) is 51.6 Å². The fourth-order valence-corrected chi connectivity index (χ4v) is 6.62. The lowest BCUT2D eigenvalue weighted by molar-refractivity contribution is 1.32. The Morgan fingerprint density at radius 3 is 0.534 bits per heavy atom. The van der Waals surface area contributed by atoms with Crippen molar-refractivity contribution in [2.24, 2.45) is 0 Å². The van der Waals surface area contributed by atoms with Gasteiger partial charge in [-0.3, -0.25) is 19.9 Å². The van der Waals surface area contributed by atoms with E-state index in [2.05, 4.69) is 166 Å². The number of benzene rings is 4. The van der Waals surface area contributed by atoms with Crippen LogP contribution < -0.4 is 0 Å². The first-order valence-corrected chi connectivity index (χ1v) is 19.2. The van der Waals surface area contributed by atoms with Gasteiger partial charge in [0.15, 0.2) is 0 Å². The summed E-state index contributed by atoms with van der Waals surface area (Å²) in [5, 5.41) is 0. The molecule has 0 N–H and O–H groups in total. The van der Waals surface area contributed by atoms with Gasteiger partial charge in [0.25, 0.3) is 0 Å². The van der Waals surface area contributed by atoms with Crippen LogP contribution >= 0.6 is 0 Å². The van der Waals surface area contributed by atoms with Gasteiger partial charge in [-0.05, 0) is 126 Å². The normalized spacial score (nSPS) is 11.5. The van der Waals surface area contributed by atoms with Gasteiger partial charge < -0.3 is 0 Å². The van der Waals surface area contributed by atoms with E-state index in [0.29, 0.717) is 0 Å². The summed E-state index contributed by atoms with van der Waals surface area (Å²) in [5.41, 5.74) is 15.7. The summed E-state index contributed by atoms with van der Waals surface area (Å²) in [6, 6.07) is 51.5. The Balaban J connectivity index is 1.23. The van der Waals surface area contributed by atoms with Gasteiger partial charge in [-0.15, -0.1) is 0 Å². The minimum atomic E-state index is 1.11. The van der Waals surface area contributed by atoms with Crippen LogP contribution in [0.25, 0.3) is 59.8 Å². The highest BCUT2D eigenvalue weighted by Crippen LogP contribution is 2.38. The van der Waals surface area contributed by atoms with E-state index in [0.717, 1.165) is 77.9 Å². The molecule has 4 aromatic heterocycles. The van der Waals surface area contributed by atoms with Crippen LogP contribution in [0.5, 0.6) is 0 Å². The Hall–Kier alpha value is -7.82. The van der Waals surface area contributed by atoms with E-state index in [1.165, 1.54) is 0 Å². The fourth-order valence-electron chi connectivity index (χ4n) is 6.62. The van der Waals surface area contributed by atoms with E-state index in [9.17, 15) is 0 Å². The molecule has 4 aromatic carbocycles. The average molecular weight is 745 g/mol. The van der Waals surface area contributed by atoms with E-state index < -0.39 is 0 Å². The summed E-state index contributed by atoms with van der Waals surface area (Å²) in [7, 11) is 0. The summed E-state index contributed by atoms with van der Waals surface area (Å²) >= 11 is 0. The van der Waals surface area contributed by atoms with Crippen LogP contribution in [0.3, 0.4) is 0 Å². The van der Waals surface area contributed by atoms with Crippen LogP contribution in [-0.4, -0.2) is 19.9 Å². The molecule has 0 amide bonds. The molecule has 4 heteroatoms. The lowest BCUT2D eigenvalue weighted by Gasteiger charge is -2.19. The first-order chi connectivity index (χ1) is 28.7. The third kappa shape index (κ3) is 9.88. The molecule has 276 valence electrons. The van der Waals surface area contributed by atoms with Crippen LogP contribution in [0.15, 0.2) is 195 Å². The Kier molecular flexibility index (Phi) is 12.0. The maximum Gasteiger partial charge on any atom is 0.0273 e. The number of aromatic nitrogens is 4. The number of pyridine rings is 4. The minimum absolute atomic E-state index is 1.11. The van der Waals surface area contributed by atoms with Crippen molar-refractivity contribution in [3.63, 3.8) is 0 Å². The highest BCUT2D eigenvalue weighted by molar-refractivity contribution is 6.05. The van der Waals surface area contributed by atoms with Crippen LogP contribution in [-0.2, 0) is 0 Å². The lowest BCUT2D eigenvalue weighted by atomic mass is 9.85. The number of hydrogen-bond donors (Lipinski definition) is 0.